The minimum Gasteiger partial charge on any atom is -0.382 e. The van der Waals surface area contributed by atoms with Crippen LogP contribution in [0, 0.1) is 13.8 Å². The zero-order valence-corrected chi connectivity index (χ0v) is 11.4. The van der Waals surface area contributed by atoms with E-state index >= 15 is 0 Å². The van der Waals surface area contributed by atoms with Crippen molar-refractivity contribution in [2.45, 2.75) is 40.3 Å². The molecule has 0 saturated heterocycles. The van der Waals surface area contributed by atoms with Crippen LogP contribution in [0.2, 0.25) is 0 Å². The van der Waals surface area contributed by atoms with Crippen molar-refractivity contribution in [3.63, 3.8) is 0 Å². The smallest absolute Gasteiger partial charge is 0.0916 e. The molecule has 0 aliphatic heterocycles. The molecule has 0 amide bonds. The largest absolute Gasteiger partial charge is 0.382 e. The van der Waals surface area contributed by atoms with Crippen molar-refractivity contribution in [3.05, 3.63) is 17.0 Å². The Morgan fingerprint density at radius 2 is 2.06 bits per heavy atom. The molecular weight excluding hydrogens is 218 g/mol. The van der Waals surface area contributed by atoms with Gasteiger partial charge in [-0.05, 0) is 27.7 Å². The van der Waals surface area contributed by atoms with E-state index in [-0.39, 0.29) is 6.04 Å². The van der Waals surface area contributed by atoms with Crippen molar-refractivity contribution in [2.24, 2.45) is 0 Å². The van der Waals surface area contributed by atoms with Gasteiger partial charge < -0.3 is 4.74 Å². The molecule has 17 heavy (non-hydrogen) atoms. The average Bonchev–Trinajstić information content (AvgIpc) is 2.59. The van der Waals surface area contributed by atoms with Gasteiger partial charge in [0.1, 0.15) is 0 Å². The van der Waals surface area contributed by atoms with Crippen LogP contribution in [0.15, 0.2) is 0 Å². The number of hydrogen-bond donors (Lipinski definition) is 1. The molecule has 1 aromatic rings. The molecule has 0 aromatic carbocycles. The molecule has 1 aromatic heterocycles. The summed E-state index contributed by atoms with van der Waals surface area (Å²) in [6.45, 7) is 10.3. The molecule has 0 spiro atoms. The second-order valence-electron chi connectivity index (χ2n) is 4.08. The Morgan fingerprint density at radius 3 is 2.59 bits per heavy atom. The number of nitrogens with one attached hydrogen (secondary N) is 1. The van der Waals surface area contributed by atoms with Crippen LogP contribution in [0.5, 0.6) is 0 Å². The standard InChI is InChI=1S/C12H23N3O2/c1-6-15-11(4)12(9(2)13-15)10(3)14-17-8-7-16-5/h10,14H,6-8H2,1-5H3. The summed E-state index contributed by atoms with van der Waals surface area (Å²) in [4.78, 5) is 5.33. The van der Waals surface area contributed by atoms with E-state index in [1.807, 2.05) is 11.6 Å². The maximum atomic E-state index is 5.33. The lowest BCUT2D eigenvalue weighted by Crippen LogP contribution is -2.22. The SMILES string of the molecule is CCn1nc(C)c(C(C)NOCCOC)c1C. The number of ether oxygens (including phenoxy) is 1. The van der Waals surface area contributed by atoms with E-state index in [4.69, 9.17) is 9.57 Å². The quantitative estimate of drug-likeness (QED) is 0.583. The molecule has 0 fully saturated rings. The zero-order valence-electron chi connectivity index (χ0n) is 11.4. The third-order valence-electron chi connectivity index (χ3n) is 2.82. The normalized spacial score (nSPS) is 13.0. The molecular formula is C12H23N3O2. The average molecular weight is 241 g/mol. The zero-order chi connectivity index (χ0) is 12.8. The molecule has 5 heteroatoms. The fourth-order valence-electron chi connectivity index (χ4n) is 2.01. The molecule has 0 saturated carbocycles. The number of methoxy groups -OCH3 is 1. The van der Waals surface area contributed by atoms with Crippen molar-refractivity contribution >= 4 is 0 Å². The van der Waals surface area contributed by atoms with Gasteiger partial charge in [-0.3, -0.25) is 9.52 Å². The Balaban J connectivity index is 2.62. The van der Waals surface area contributed by atoms with Crippen LogP contribution in [0.3, 0.4) is 0 Å². The van der Waals surface area contributed by atoms with E-state index in [2.05, 4.69) is 31.3 Å². The summed E-state index contributed by atoms with van der Waals surface area (Å²) in [5, 5.41) is 4.49. The van der Waals surface area contributed by atoms with E-state index in [1.165, 1.54) is 11.3 Å². The lowest BCUT2D eigenvalue weighted by Gasteiger charge is -2.14. The lowest BCUT2D eigenvalue weighted by atomic mass is 10.1. The van der Waals surface area contributed by atoms with Gasteiger partial charge in [0.2, 0.25) is 0 Å². The van der Waals surface area contributed by atoms with Crippen molar-refractivity contribution in [1.82, 2.24) is 15.3 Å². The maximum absolute atomic E-state index is 5.33. The molecule has 0 aliphatic carbocycles. The molecule has 0 radical (unpaired) electrons. The van der Waals surface area contributed by atoms with Crippen LogP contribution in [0.1, 0.15) is 36.8 Å². The van der Waals surface area contributed by atoms with Crippen molar-refractivity contribution < 1.29 is 9.57 Å². The summed E-state index contributed by atoms with van der Waals surface area (Å²) in [6.07, 6.45) is 0. The van der Waals surface area contributed by atoms with Crippen molar-refractivity contribution in [2.75, 3.05) is 20.3 Å². The van der Waals surface area contributed by atoms with Crippen molar-refractivity contribution in [3.8, 4) is 0 Å². The van der Waals surface area contributed by atoms with Crippen LogP contribution >= 0.6 is 0 Å². The molecule has 1 unspecified atom stereocenters. The first kappa shape index (κ1) is 14.2. The monoisotopic (exact) mass is 241 g/mol. The number of hydroxylamine groups is 1. The minimum absolute atomic E-state index is 0.132. The molecule has 0 aliphatic rings. The second-order valence-corrected chi connectivity index (χ2v) is 4.08. The van der Waals surface area contributed by atoms with Gasteiger partial charge in [0.15, 0.2) is 0 Å². The summed E-state index contributed by atoms with van der Waals surface area (Å²) < 4.78 is 6.93. The highest BCUT2D eigenvalue weighted by atomic mass is 16.7. The Kier molecular flexibility index (Phi) is 5.61. The van der Waals surface area contributed by atoms with Gasteiger partial charge in [-0.2, -0.15) is 10.6 Å². The maximum Gasteiger partial charge on any atom is 0.0916 e. The first-order chi connectivity index (χ1) is 8.11. The summed E-state index contributed by atoms with van der Waals surface area (Å²) in [5.74, 6) is 0. The number of nitrogens with zero attached hydrogens (tertiary/aromatic N) is 2. The van der Waals surface area contributed by atoms with Crippen molar-refractivity contribution in [1.29, 1.82) is 0 Å². The Morgan fingerprint density at radius 1 is 1.35 bits per heavy atom. The number of hydrogen-bond acceptors (Lipinski definition) is 4. The Hall–Kier alpha value is -0.910. The van der Waals surface area contributed by atoms with Gasteiger partial charge in [-0.1, -0.05) is 0 Å². The first-order valence-electron chi connectivity index (χ1n) is 6.01. The molecule has 1 rings (SSSR count). The molecule has 1 N–H and O–H groups in total. The van der Waals surface area contributed by atoms with E-state index < -0.39 is 0 Å². The van der Waals surface area contributed by atoms with Crippen LogP contribution < -0.4 is 5.48 Å². The highest BCUT2D eigenvalue weighted by Gasteiger charge is 2.16. The van der Waals surface area contributed by atoms with Gasteiger partial charge in [0.05, 0.1) is 24.9 Å². The summed E-state index contributed by atoms with van der Waals surface area (Å²) in [5.41, 5.74) is 6.48. The molecule has 1 heterocycles. The van der Waals surface area contributed by atoms with Gasteiger partial charge in [0, 0.05) is 24.9 Å². The van der Waals surface area contributed by atoms with Crippen LogP contribution in [-0.2, 0) is 16.1 Å². The van der Waals surface area contributed by atoms with Gasteiger partial charge in [-0.25, -0.2) is 0 Å². The van der Waals surface area contributed by atoms with E-state index in [0.29, 0.717) is 13.2 Å². The van der Waals surface area contributed by atoms with E-state index in [0.717, 1.165) is 12.2 Å². The second kappa shape index (κ2) is 6.74. The van der Waals surface area contributed by atoms with Crippen LogP contribution in [-0.4, -0.2) is 30.1 Å². The predicted molar refractivity (Wildman–Crippen MR) is 66.8 cm³/mol. The van der Waals surface area contributed by atoms with Crippen LogP contribution in [0.4, 0.5) is 0 Å². The summed E-state index contributed by atoms with van der Waals surface area (Å²) in [7, 11) is 1.66. The third kappa shape index (κ3) is 3.52. The predicted octanol–water partition coefficient (Wildman–Crippen LogP) is 1.75. The van der Waals surface area contributed by atoms with Gasteiger partial charge in [-0.15, -0.1) is 0 Å². The topological polar surface area (TPSA) is 48.3 Å². The Labute approximate surface area is 103 Å². The molecule has 1 atom stereocenters. The fourth-order valence-corrected chi connectivity index (χ4v) is 2.01. The molecule has 98 valence electrons. The highest BCUT2D eigenvalue weighted by Crippen LogP contribution is 2.21. The number of aryl methyl sites for hydroxylation is 2. The fraction of sp³-hybridized carbons (Fsp3) is 0.750. The Bertz CT molecular complexity index is 350. The third-order valence-corrected chi connectivity index (χ3v) is 2.82. The lowest BCUT2D eigenvalue weighted by molar-refractivity contribution is -0.00945. The van der Waals surface area contributed by atoms with Gasteiger partial charge >= 0.3 is 0 Å². The first-order valence-corrected chi connectivity index (χ1v) is 6.01. The van der Waals surface area contributed by atoms with Gasteiger partial charge in [0.25, 0.3) is 0 Å². The summed E-state index contributed by atoms with van der Waals surface area (Å²) >= 11 is 0. The van der Waals surface area contributed by atoms with Crippen LogP contribution in [0.25, 0.3) is 0 Å². The number of rotatable bonds is 7. The molecule has 5 nitrogen and oxygen atoms in total. The van der Waals surface area contributed by atoms with E-state index in [9.17, 15) is 0 Å². The minimum atomic E-state index is 0.132. The highest BCUT2D eigenvalue weighted by molar-refractivity contribution is 5.27. The summed E-state index contributed by atoms with van der Waals surface area (Å²) in [6, 6.07) is 0.132. The molecule has 0 bridgehead atoms. The number of aromatic nitrogens is 2. The van der Waals surface area contributed by atoms with E-state index in [1.54, 1.807) is 7.11 Å².